The van der Waals surface area contributed by atoms with Crippen molar-refractivity contribution >= 4 is 23.1 Å². The summed E-state index contributed by atoms with van der Waals surface area (Å²) in [7, 11) is 6.32. The maximum atomic E-state index is 14.1. The van der Waals surface area contributed by atoms with Crippen molar-refractivity contribution in [1.82, 2.24) is 5.32 Å². The summed E-state index contributed by atoms with van der Waals surface area (Å²) in [5, 5.41) is 6.64. The zero-order chi connectivity index (χ0) is 30.7. The van der Waals surface area contributed by atoms with E-state index < -0.39 is 6.04 Å². The Balaban J connectivity index is 1.65. The zero-order valence-corrected chi connectivity index (χ0v) is 25.6. The highest BCUT2D eigenvalue weighted by molar-refractivity contribution is 6.02. The lowest BCUT2D eigenvalue weighted by Crippen LogP contribution is -2.42. The van der Waals surface area contributed by atoms with Gasteiger partial charge in [0, 0.05) is 41.4 Å². The van der Waals surface area contributed by atoms with Gasteiger partial charge in [-0.3, -0.25) is 9.59 Å². The zero-order valence-electron chi connectivity index (χ0n) is 25.6. The molecule has 0 bridgehead atoms. The standard InChI is InChI=1S/C34H39N3O6/c1-34(2)17-24-32(26(38)18-34)33(22-15-29(42-5)30(43-6)16-28(22)41-4)37(25-13-9-8-12-23(25)36-24)20-31(39)35-19-21-11-7-10-14-27(21)40-3/h7-16,33,36H,17-20H2,1-6H3,(H,35,39). The van der Waals surface area contributed by atoms with Crippen molar-refractivity contribution in [1.29, 1.82) is 0 Å². The first-order chi connectivity index (χ1) is 20.7. The first kappa shape index (κ1) is 29.8. The van der Waals surface area contributed by atoms with E-state index in [2.05, 4.69) is 24.5 Å². The van der Waals surface area contributed by atoms with Crippen molar-refractivity contribution in [2.45, 2.75) is 39.3 Å². The number of hydrogen-bond acceptors (Lipinski definition) is 8. The van der Waals surface area contributed by atoms with Gasteiger partial charge in [0.25, 0.3) is 0 Å². The Hall–Kier alpha value is -4.66. The highest BCUT2D eigenvalue weighted by Crippen LogP contribution is 2.51. The van der Waals surface area contributed by atoms with Crippen LogP contribution in [-0.2, 0) is 16.1 Å². The Labute approximate surface area is 252 Å². The average molecular weight is 586 g/mol. The highest BCUT2D eigenvalue weighted by atomic mass is 16.5. The molecular weight excluding hydrogens is 546 g/mol. The van der Waals surface area contributed by atoms with Crippen molar-refractivity contribution in [3.8, 4) is 23.0 Å². The number of anilines is 2. The van der Waals surface area contributed by atoms with Gasteiger partial charge in [-0.05, 0) is 36.1 Å². The van der Waals surface area contributed by atoms with Crippen molar-refractivity contribution in [2.75, 3.05) is 45.2 Å². The van der Waals surface area contributed by atoms with Gasteiger partial charge in [0.15, 0.2) is 17.3 Å². The molecule has 1 aliphatic heterocycles. The predicted molar refractivity (Wildman–Crippen MR) is 166 cm³/mol. The van der Waals surface area contributed by atoms with Crippen LogP contribution < -0.4 is 34.5 Å². The first-order valence-corrected chi connectivity index (χ1v) is 14.3. The van der Waals surface area contributed by atoms with Gasteiger partial charge in [0.05, 0.1) is 52.4 Å². The van der Waals surface area contributed by atoms with E-state index in [-0.39, 0.29) is 23.7 Å². The Morgan fingerprint density at radius 2 is 1.53 bits per heavy atom. The van der Waals surface area contributed by atoms with Crippen molar-refractivity contribution in [3.63, 3.8) is 0 Å². The number of ether oxygens (including phenoxy) is 4. The fraction of sp³-hybridized carbons (Fsp3) is 0.353. The molecule has 9 nitrogen and oxygen atoms in total. The number of fused-ring (bicyclic) bond motifs is 1. The summed E-state index contributed by atoms with van der Waals surface area (Å²) < 4.78 is 22.6. The van der Waals surface area contributed by atoms with Crippen LogP contribution >= 0.6 is 0 Å². The Kier molecular flexibility index (Phi) is 8.52. The number of methoxy groups -OCH3 is 4. The maximum absolute atomic E-state index is 14.1. The van der Waals surface area contributed by atoms with Gasteiger partial charge >= 0.3 is 0 Å². The quantitative estimate of drug-likeness (QED) is 0.332. The molecule has 1 atom stereocenters. The third-order valence-corrected chi connectivity index (χ3v) is 8.02. The second kappa shape index (κ2) is 12.3. The second-order valence-electron chi connectivity index (χ2n) is 11.5. The van der Waals surface area contributed by atoms with Crippen LogP contribution in [0.15, 0.2) is 71.9 Å². The van der Waals surface area contributed by atoms with Gasteiger partial charge in [0.1, 0.15) is 11.5 Å². The summed E-state index contributed by atoms with van der Waals surface area (Å²) in [5.74, 6) is 2.03. The molecule has 3 aromatic carbocycles. The van der Waals surface area contributed by atoms with Crippen LogP contribution in [0.2, 0.25) is 0 Å². The Morgan fingerprint density at radius 1 is 0.884 bits per heavy atom. The number of benzene rings is 3. The molecule has 0 saturated carbocycles. The normalized spacial score (nSPS) is 17.2. The van der Waals surface area contributed by atoms with Crippen molar-refractivity contribution < 1.29 is 28.5 Å². The number of allylic oxidation sites excluding steroid dienone is 1. The molecule has 1 aliphatic carbocycles. The smallest absolute Gasteiger partial charge is 0.239 e. The molecule has 1 heterocycles. The van der Waals surface area contributed by atoms with Crippen molar-refractivity contribution in [3.05, 3.63) is 83.1 Å². The molecule has 2 N–H and O–H groups in total. The number of nitrogens with zero attached hydrogens (tertiary/aromatic N) is 1. The molecule has 43 heavy (non-hydrogen) atoms. The number of nitrogens with one attached hydrogen (secondary N) is 2. The second-order valence-corrected chi connectivity index (χ2v) is 11.5. The first-order valence-electron chi connectivity index (χ1n) is 14.3. The van der Waals surface area contributed by atoms with E-state index in [0.717, 1.165) is 22.6 Å². The average Bonchev–Trinajstić information content (AvgIpc) is 3.13. The number of Topliss-reactive ketones (excluding diaryl/α,β-unsaturated/α-hetero) is 1. The minimum atomic E-state index is -0.651. The molecule has 9 heteroatoms. The minimum Gasteiger partial charge on any atom is -0.496 e. The number of ketones is 1. The Morgan fingerprint density at radius 3 is 2.26 bits per heavy atom. The van der Waals surface area contributed by atoms with Gasteiger partial charge in [-0.15, -0.1) is 0 Å². The lowest BCUT2D eigenvalue weighted by atomic mass is 9.73. The fourth-order valence-corrected chi connectivity index (χ4v) is 6.07. The number of hydrogen-bond donors (Lipinski definition) is 2. The third-order valence-electron chi connectivity index (χ3n) is 8.02. The molecule has 0 aromatic heterocycles. The van der Waals surface area contributed by atoms with Gasteiger partial charge in [0.2, 0.25) is 5.91 Å². The molecule has 5 rings (SSSR count). The molecule has 2 aliphatic rings. The van der Waals surface area contributed by atoms with E-state index in [1.165, 1.54) is 0 Å². The van der Waals surface area contributed by atoms with Gasteiger partial charge in [-0.1, -0.05) is 44.2 Å². The maximum Gasteiger partial charge on any atom is 0.239 e. The van der Waals surface area contributed by atoms with Crippen LogP contribution in [-0.4, -0.2) is 46.7 Å². The highest BCUT2D eigenvalue weighted by Gasteiger charge is 2.43. The molecule has 1 amide bonds. The third kappa shape index (κ3) is 5.98. The van der Waals surface area contributed by atoms with Gasteiger partial charge in [-0.2, -0.15) is 0 Å². The molecule has 0 saturated heterocycles. The number of carbonyl (C=O) groups is 2. The van der Waals surface area contributed by atoms with E-state index in [1.54, 1.807) is 34.5 Å². The van der Waals surface area contributed by atoms with E-state index in [4.69, 9.17) is 18.9 Å². The monoisotopic (exact) mass is 585 g/mol. The molecule has 226 valence electrons. The van der Waals surface area contributed by atoms with Crippen LogP contribution in [0.3, 0.4) is 0 Å². The van der Waals surface area contributed by atoms with E-state index in [1.807, 2.05) is 59.5 Å². The van der Waals surface area contributed by atoms with E-state index in [9.17, 15) is 9.59 Å². The van der Waals surface area contributed by atoms with E-state index >= 15 is 0 Å². The molecule has 3 aromatic rings. The van der Waals surface area contributed by atoms with Crippen LogP contribution in [0.4, 0.5) is 11.4 Å². The lowest BCUT2D eigenvalue weighted by Gasteiger charge is -2.38. The molecule has 1 unspecified atom stereocenters. The number of rotatable bonds is 9. The molecule has 0 spiro atoms. The van der Waals surface area contributed by atoms with Gasteiger partial charge < -0.3 is 34.5 Å². The largest absolute Gasteiger partial charge is 0.496 e. The molecular formula is C34H39N3O6. The van der Waals surface area contributed by atoms with Crippen LogP contribution in [0.25, 0.3) is 0 Å². The van der Waals surface area contributed by atoms with Crippen LogP contribution in [0, 0.1) is 5.41 Å². The molecule has 0 radical (unpaired) electrons. The Bertz CT molecular complexity index is 1560. The van der Waals surface area contributed by atoms with Gasteiger partial charge in [-0.25, -0.2) is 0 Å². The summed E-state index contributed by atoms with van der Waals surface area (Å²) >= 11 is 0. The summed E-state index contributed by atoms with van der Waals surface area (Å²) in [6.07, 6.45) is 1.05. The topological polar surface area (TPSA) is 98.4 Å². The van der Waals surface area contributed by atoms with E-state index in [0.29, 0.717) is 53.5 Å². The summed E-state index contributed by atoms with van der Waals surface area (Å²) in [4.78, 5) is 29.8. The van der Waals surface area contributed by atoms with Crippen LogP contribution in [0.5, 0.6) is 23.0 Å². The number of para-hydroxylation sites is 3. The SMILES string of the molecule is COc1ccccc1CNC(=O)CN1c2ccccc2NC2=C(C(=O)CC(C)(C)C2)C1c1cc(OC)c(OC)cc1OC. The number of amides is 1. The van der Waals surface area contributed by atoms with Crippen LogP contribution in [0.1, 0.15) is 43.9 Å². The lowest BCUT2D eigenvalue weighted by molar-refractivity contribution is -0.121. The fourth-order valence-electron chi connectivity index (χ4n) is 6.07. The number of carbonyl (C=O) groups excluding carboxylic acids is 2. The molecule has 0 fully saturated rings. The summed E-state index contributed by atoms with van der Waals surface area (Å²) in [5.41, 5.74) is 4.38. The minimum absolute atomic E-state index is 0.0211. The summed E-state index contributed by atoms with van der Waals surface area (Å²) in [6.45, 7) is 4.47. The summed E-state index contributed by atoms with van der Waals surface area (Å²) in [6, 6.07) is 18.3. The van der Waals surface area contributed by atoms with Crippen molar-refractivity contribution in [2.24, 2.45) is 5.41 Å². The predicted octanol–water partition coefficient (Wildman–Crippen LogP) is 5.65.